The summed E-state index contributed by atoms with van der Waals surface area (Å²) >= 11 is 4.77. The molecule has 1 heterocycles. The van der Waals surface area contributed by atoms with E-state index in [2.05, 4.69) is 17.1 Å². The van der Waals surface area contributed by atoms with Gasteiger partial charge in [-0.1, -0.05) is 96.7 Å². The first-order valence-electron chi connectivity index (χ1n) is 9.24. The number of hydrogen-bond donors (Lipinski definition) is 0. The molecule has 0 unspecified atom stereocenters. The van der Waals surface area contributed by atoms with Gasteiger partial charge in [-0.25, -0.2) is 0 Å². The first-order valence-corrected chi connectivity index (χ1v) is 12.0. The van der Waals surface area contributed by atoms with E-state index in [9.17, 15) is 4.79 Å². The van der Waals surface area contributed by atoms with Crippen molar-refractivity contribution in [3.63, 3.8) is 0 Å². The number of carbonyl (C=O) groups excluding carboxylic acids is 1. The van der Waals surface area contributed by atoms with E-state index >= 15 is 0 Å². The number of thioether (sulfide) groups is 2. The summed E-state index contributed by atoms with van der Waals surface area (Å²) in [7, 11) is 0. The molecule has 0 fully saturated rings. The van der Waals surface area contributed by atoms with Crippen molar-refractivity contribution < 1.29 is 4.79 Å². The highest BCUT2D eigenvalue weighted by atomic mass is 32.2. The fourth-order valence-corrected chi connectivity index (χ4v) is 5.57. The van der Waals surface area contributed by atoms with Crippen molar-refractivity contribution in [3.05, 3.63) is 66.2 Å². The normalized spacial score (nSPS) is 10.8. The molecule has 3 rings (SSSR count). The fraction of sp³-hybridized carbons (Fsp3) is 0.286. The van der Waals surface area contributed by atoms with Gasteiger partial charge in [0.1, 0.15) is 0 Å². The zero-order chi connectivity index (χ0) is 19.6. The molecule has 4 nitrogen and oxygen atoms in total. The van der Waals surface area contributed by atoms with Crippen molar-refractivity contribution in [1.82, 2.24) is 10.2 Å². The van der Waals surface area contributed by atoms with Crippen molar-refractivity contribution in [1.29, 1.82) is 0 Å². The van der Waals surface area contributed by atoms with Gasteiger partial charge in [0, 0.05) is 11.4 Å². The molecule has 0 aliphatic heterocycles. The molecule has 0 radical (unpaired) electrons. The first kappa shape index (κ1) is 20.9. The molecule has 0 saturated heterocycles. The average Bonchev–Trinajstić information content (AvgIpc) is 3.20. The number of anilines is 1. The summed E-state index contributed by atoms with van der Waals surface area (Å²) in [5, 5.41) is 8.45. The summed E-state index contributed by atoms with van der Waals surface area (Å²) in [6.45, 7) is 2.74. The van der Waals surface area contributed by atoms with Crippen molar-refractivity contribution in [2.75, 3.05) is 16.4 Å². The largest absolute Gasteiger partial charge is 0.307 e. The van der Waals surface area contributed by atoms with Crippen molar-refractivity contribution in [3.8, 4) is 0 Å². The van der Waals surface area contributed by atoms with Gasteiger partial charge in [-0.05, 0) is 24.1 Å². The van der Waals surface area contributed by atoms with Crippen LogP contribution in [0.3, 0.4) is 0 Å². The molecule has 1 amide bonds. The lowest BCUT2D eigenvalue weighted by atomic mass is 10.2. The Bertz CT molecular complexity index is 856. The van der Waals surface area contributed by atoms with E-state index in [1.54, 1.807) is 23.1 Å². The van der Waals surface area contributed by atoms with Crippen molar-refractivity contribution >= 4 is 46.5 Å². The van der Waals surface area contributed by atoms with Crippen LogP contribution in [0.15, 0.2) is 69.3 Å². The Kier molecular flexibility index (Phi) is 8.39. The summed E-state index contributed by atoms with van der Waals surface area (Å²) in [6.07, 6.45) is 2.36. The quantitative estimate of drug-likeness (QED) is 0.303. The van der Waals surface area contributed by atoms with Crippen LogP contribution in [0.5, 0.6) is 0 Å². The Morgan fingerprint density at radius 1 is 0.964 bits per heavy atom. The number of para-hydroxylation sites is 1. The lowest BCUT2D eigenvalue weighted by Gasteiger charge is -2.22. The molecule has 0 atom stereocenters. The maximum atomic E-state index is 13.0. The second-order valence-corrected chi connectivity index (χ2v) is 9.67. The minimum atomic E-state index is 0.0652. The molecule has 0 spiro atoms. The summed E-state index contributed by atoms with van der Waals surface area (Å²) in [4.78, 5) is 14.8. The lowest BCUT2D eigenvalue weighted by molar-refractivity contribution is -0.116. The Balaban J connectivity index is 1.63. The van der Waals surface area contributed by atoms with Crippen LogP contribution in [0, 0.1) is 0 Å². The maximum absolute atomic E-state index is 13.0. The minimum Gasteiger partial charge on any atom is -0.307 e. The van der Waals surface area contributed by atoms with E-state index in [0.717, 1.165) is 25.7 Å². The van der Waals surface area contributed by atoms with Crippen LogP contribution in [0.2, 0.25) is 0 Å². The highest BCUT2D eigenvalue weighted by Crippen LogP contribution is 2.30. The number of rotatable bonds is 10. The number of amides is 1. The molecule has 0 saturated carbocycles. The van der Waals surface area contributed by atoms with Crippen LogP contribution < -0.4 is 4.90 Å². The third-order valence-electron chi connectivity index (χ3n) is 3.98. The Hall–Kier alpha value is -1.83. The van der Waals surface area contributed by atoms with Gasteiger partial charge in [0.05, 0.1) is 12.3 Å². The van der Waals surface area contributed by atoms with Gasteiger partial charge in [0.25, 0.3) is 0 Å². The fourth-order valence-electron chi connectivity index (χ4n) is 2.52. The highest BCUT2D eigenvalue weighted by Gasteiger charge is 2.17. The zero-order valence-electron chi connectivity index (χ0n) is 15.8. The molecular weight excluding hydrogens is 406 g/mol. The van der Waals surface area contributed by atoms with Crippen molar-refractivity contribution in [2.24, 2.45) is 0 Å². The molecule has 2 aromatic carbocycles. The second-order valence-electron chi connectivity index (χ2n) is 6.13. The lowest BCUT2D eigenvalue weighted by Crippen LogP contribution is -2.31. The number of carbonyl (C=O) groups is 1. The molecule has 7 heteroatoms. The summed E-state index contributed by atoms with van der Waals surface area (Å²) in [6, 6.07) is 19.9. The van der Waals surface area contributed by atoms with Gasteiger partial charge in [0.15, 0.2) is 8.68 Å². The molecule has 3 aromatic rings. The predicted octanol–water partition coefficient (Wildman–Crippen LogP) is 5.76. The minimum absolute atomic E-state index is 0.0652. The number of nitrogens with zero attached hydrogens (tertiary/aromatic N) is 3. The number of hydrogen-bond acceptors (Lipinski definition) is 6. The van der Waals surface area contributed by atoms with Gasteiger partial charge in [0.2, 0.25) is 5.91 Å². The van der Waals surface area contributed by atoms with Crippen LogP contribution in [0.1, 0.15) is 25.3 Å². The monoisotopic (exact) mass is 429 g/mol. The van der Waals surface area contributed by atoms with Gasteiger partial charge in [-0.2, -0.15) is 0 Å². The van der Waals surface area contributed by atoms with Crippen LogP contribution in [0.25, 0.3) is 0 Å². The molecule has 0 bridgehead atoms. The van der Waals surface area contributed by atoms with Gasteiger partial charge >= 0.3 is 0 Å². The maximum Gasteiger partial charge on any atom is 0.237 e. The van der Waals surface area contributed by atoms with Crippen LogP contribution >= 0.6 is 34.9 Å². The Morgan fingerprint density at radius 3 is 2.29 bits per heavy atom. The van der Waals surface area contributed by atoms with Gasteiger partial charge in [-0.15, -0.1) is 10.2 Å². The molecule has 146 valence electrons. The molecular formula is C21H23N3OS3. The number of aromatic nitrogens is 2. The van der Waals surface area contributed by atoms with Gasteiger partial charge < -0.3 is 4.90 Å². The SMILES string of the molecule is CCCCSc1nnc(SCC(=O)N(Cc2ccccc2)c2ccccc2)s1. The first-order chi connectivity index (χ1) is 13.8. The van der Waals surface area contributed by atoms with E-state index in [1.807, 2.05) is 65.6 Å². The summed E-state index contributed by atoms with van der Waals surface area (Å²) in [5.41, 5.74) is 2.01. The van der Waals surface area contributed by atoms with E-state index in [1.165, 1.54) is 24.6 Å². The van der Waals surface area contributed by atoms with Gasteiger partial charge in [-0.3, -0.25) is 4.79 Å². The van der Waals surface area contributed by atoms with Crippen molar-refractivity contribution in [2.45, 2.75) is 35.0 Å². The Labute approximate surface area is 178 Å². The molecule has 0 N–H and O–H groups in total. The summed E-state index contributed by atoms with van der Waals surface area (Å²) < 4.78 is 1.83. The zero-order valence-corrected chi connectivity index (χ0v) is 18.2. The second kappa shape index (κ2) is 11.2. The van der Waals surface area contributed by atoms with Crippen LogP contribution in [-0.4, -0.2) is 27.6 Å². The third-order valence-corrected chi connectivity index (χ3v) is 7.24. The standard InChI is InChI=1S/C21H23N3OS3/c1-2-3-14-26-20-22-23-21(28-20)27-16-19(25)24(18-12-8-5-9-13-18)15-17-10-6-4-7-11-17/h4-13H,2-3,14-16H2,1H3. The molecule has 28 heavy (non-hydrogen) atoms. The summed E-state index contributed by atoms with van der Waals surface area (Å²) in [5.74, 6) is 1.47. The smallest absolute Gasteiger partial charge is 0.237 e. The van der Waals surface area contributed by atoms with E-state index in [-0.39, 0.29) is 5.91 Å². The van der Waals surface area contributed by atoms with E-state index in [4.69, 9.17) is 0 Å². The number of benzene rings is 2. The number of unbranched alkanes of at least 4 members (excludes halogenated alkanes) is 1. The third kappa shape index (κ3) is 6.36. The highest BCUT2D eigenvalue weighted by molar-refractivity contribution is 8.03. The topological polar surface area (TPSA) is 46.1 Å². The molecule has 0 aliphatic carbocycles. The molecule has 0 aliphatic rings. The Morgan fingerprint density at radius 2 is 1.61 bits per heavy atom. The van der Waals surface area contributed by atoms with Crippen LogP contribution in [0.4, 0.5) is 5.69 Å². The van der Waals surface area contributed by atoms with E-state index in [0.29, 0.717) is 12.3 Å². The van der Waals surface area contributed by atoms with Crippen LogP contribution in [-0.2, 0) is 11.3 Å². The predicted molar refractivity (Wildman–Crippen MR) is 120 cm³/mol. The van der Waals surface area contributed by atoms with E-state index < -0.39 is 0 Å². The molecule has 1 aromatic heterocycles. The average molecular weight is 430 g/mol.